The van der Waals surface area contributed by atoms with E-state index in [1.54, 1.807) is 24.3 Å². The normalized spacial score (nSPS) is 16.1. The molecule has 0 aromatic heterocycles. The van der Waals surface area contributed by atoms with Crippen LogP contribution in [0.1, 0.15) is 5.56 Å². The maximum Gasteiger partial charge on any atom is 0.237 e. The second-order valence-corrected chi connectivity index (χ2v) is 6.83. The summed E-state index contributed by atoms with van der Waals surface area (Å²) >= 11 is 0. The van der Waals surface area contributed by atoms with E-state index in [1.165, 1.54) is 4.90 Å². The lowest BCUT2D eigenvalue weighted by Gasteiger charge is -2.26. The van der Waals surface area contributed by atoms with E-state index < -0.39 is 15.6 Å². The molecule has 2 rings (SSSR count). The topological polar surface area (TPSA) is 89.7 Å². The molecule has 0 atom stereocenters. The predicted octanol–water partition coefficient (Wildman–Crippen LogP) is 0.0424. The number of hydrogen-bond acceptors (Lipinski definition) is 5. The number of rotatable bonds is 4. The first kappa shape index (κ1) is 14.8. The average Bonchev–Trinajstić information content (AvgIpc) is 2.41. The van der Waals surface area contributed by atoms with Crippen LogP contribution in [0.25, 0.3) is 0 Å². The highest BCUT2D eigenvalue weighted by Gasteiger charge is 2.23. The van der Waals surface area contributed by atoms with Crippen LogP contribution in [0.15, 0.2) is 24.3 Å². The molecule has 1 aliphatic heterocycles. The van der Waals surface area contributed by atoms with Gasteiger partial charge in [0.1, 0.15) is 5.75 Å². The second kappa shape index (κ2) is 6.23. The molecule has 7 heteroatoms. The quantitative estimate of drug-likeness (QED) is 0.793. The third-order valence-corrected chi connectivity index (χ3v) is 4.53. The van der Waals surface area contributed by atoms with Gasteiger partial charge in [0.25, 0.3) is 0 Å². The number of carbonyl (C=O) groups excluding carboxylic acids is 1. The van der Waals surface area contributed by atoms with Gasteiger partial charge in [-0.25, -0.2) is 8.42 Å². The number of ether oxygens (including phenoxy) is 1. The van der Waals surface area contributed by atoms with Crippen molar-refractivity contribution < 1.29 is 17.9 Å². The maximum absolute atomic E-state index is 12.0. The Labute approximate surface area is 118 Å². The number of benzene rings is 1. The van der Waals surface area contributed by atoms with E-state index in [-0.39, 0.29) is 11.7 Å². The van der Waals surface area contributed by atoms with Crippen molar-refractivity contribution in [1.82, 2.24) is 4.90 Å². The third kappa shape index (κ3) is 4.21. The number of hydrogen-bond donors (Lipinski definition) is 1. The van der Waals surface area contributed by atoms with Crippen LogP contribution in [-0.2, 0) is 25.1 Å². The zero-order valence-electron chi connectivity index (χ0n) is 11.1. The monoisotopic (exact) mass is 298 g/mol. The van der Waals surface area contributed by atoms with Crippen molar-refractivity contribution in [2.24, 2.45) is 0 Å². The summed E-state index contributed by atoms with van der Waals surface area (Å²) in [4.78, 5) is 13.5. The van der Waals surface area contributed by atoms with Gasteiger partial charge >= 0.3 is 0 Å². The molecule has 0 radical (unpaired) electrons. The summed E-state index contributed by atoms with van der Waals surface area (Å²) in [5, 5.41) is 0. The molecule has 0 unspecified atom stereocenters. The average molecular weight is 298 g/mol. The molecular weight excluding hydrogens is 280 g/mol. The maximum atomic E-state index is 12.0. The molecule has 1 aromatic carbocycles. The van der Waals surface area contributed by atoms with Crippen LogP contribution in [0.5, 0.6) is 0 Å². The molecule has 1 aliphatic rings. The summed E-state index contributed by atoms with van der Waals surface area (Å²) in [5.41, 5.74) is 6.76. The number of amides is 1. The Morgan fingerprint density at radius 1 is 1.20 bits per heavy atom. The van der Waals surface area contributed by atoms with Crippen LogP contribution in [0.2, 0.25) is 0 Å². The first-order valence-electron chi connectivity index (χ1n) is 6.37. The standard InChI is InChI=1S/C13H18N2O4S/c14-12-3-1-11(2-4-12)9-20(17,18)10-13(16)15-5-7-19-8-6-15/h1-4H,5-10,14H2. The van der Waals surface area contributed by atoms with E-state index in [0.29, 0.717) is 37.6 Å². The van der Waals surface area contributed by atoms with Gasteiger partial charge in [0.15, 0.2) is 9.84 Å². The van der Waals surface area contributed by atoms with E-state index in [0.717, 1.165) is 0 Å². The molecule has 110 valence electrons. The van der Waals surface area contributed by atoms with Gasteiger partial charge in [-0.05, 0) is 17.7 Å². The minimum Gasteiger partial charge on any atom is -0.399 e. The first-order valence-corrected chi connectivity index (χ1v) is 8.19. The number of morpholine rings is 1. The van der Waals surface area contributed by atoms with Gasteiger partial charge in [0, 0.05) is 18.8 Å². The largest absolute Gasteiger partial charge is 0.399 e. The lowest BCUT2D eigenvalue weighted by atomic mass is 10.2. The fourth-order valence-electron chi connectivity index (χ4n) is 2.01. The van der Waals surface area contributed by atoms with Gasteiger partial charge in [-0.2, -0.15) is 0 Å². The smallest absolute Gasteiger partial charge is 0.237 e. The van der Waals surface area contributed by atoms with Gasteiger partial charge < -0.3 is 15.4 Å². The minimum atomic E-state index is -3.47. The number of carbonyl (C=O) groups is 1. The first-order chi connectivity index (χ1) is 9.46. The predicted molar refractivity (Wildman–Crippen MR) is 75.7 cm³/mol. The van der Waals surface area contributed by atoms with Crippen LogP contribution in [0, 0.1) is 0 Å². The fourth-order valence-corrected chi connectivity index (χ4v) is 3.37. The Hall–Kier alpha value is -1.60. The van der Waals surface area contributed by atoms with E-state index in [1.807, 2.05) is 0 Å². The molecule has 0 aliphatic carbocycles. The summed E-state index contributed by atoms with van der Waals surface area (Å²) in [5.74, 6) is -0.968. The SMILES string of the molecule is Nc1ccc(CS(=O)(=O)CC(=O)N2CCOCC2)cc1. The van der Waals surface area contributed by atoms with Crippen LogP contribution in [0.4, 0.5) is 5.69 Å². The molecule has 0 spiro atoms. The molecule has 1 heterocycles. The Bertz CT molecular complexity index is 563. The van der Waals surface area contributed by atoms with Crippen LogP contribution in [-0.4, -0.2) is 51.3 Å². The number of sulfone groups is 1. The van der Waals surface area contributed by atoms with E-state index in [9.17, 15) is 13.2 Å². The van der Waals surface area contributed by atoms with Crippen molar-refractivity contribution >= 4 is 21.4 Å². The Kier molecular flexibility index (Phi) is 4.61. The van der Waals surface area contributed by atoms with E-state index >= 15 is 0 Å². The Morgan fingerprint density at radius 3 is 2.40 bits per heavy atom. The zero-order valence-corrected chi connectivity index (χ0v) is 11.9. The Balaban J connectivity index is 1.96. The number of nitrogens with two attached hydrogens (primary N) is 1. The number of nitrogen functional groups attached to an aromatic ring is 1. The highest BCUT2D eigenvalue weighted by atomic mass is 32.2. The molecule has 20 heavy (non-hydrogen) atoms. The fraction of sp³-hybridized carbons (Fsp3) is 0.462. The highest BCUT2D eigenvalue weighted by molar-refractivity contribution is 7.91. The van der Waals surface area contributed by atoms with Gasteiger partial charge in [-0.15, -0.1) is 0 Å². The van der Waals surface area contributed by atoms with Gasteiger partial charge in [0.05, 0.1) is 19.0 Å². The van der Waals surface area contributed by atoms with Crippen molar-refractivity contribution in [1.29, 1.82) is 0 Å². The van der Waals surface area contributed by atoms with Crippen molar-refractivity contribution in [3.05, 3.63) is 29.8 Å². The molecule has 0 saturated carbocycles. The summed E-state index contributed by atoms with van der Waals surface area (Å²) < 4.78 is 29.2. The van der Waals surface area contributed by atoms with Crippen molar-refractivity contribution in [3.8, 4) is 0 Å². The molecular formula is C13H18N2O4S. The molecule has 2 N–H and O–H groups in total. The zero-order chi connectivity index (χ0) is 14.6. The molecule has 1 saturated heterocycles. The summed E-state index contributed by atoms with van der Waals surface area (Å²) in [6.45, 7) is 1.83. The highest BCUT2D eigenvalue weighted by Crippen LogP contribution is 2.11. The van der Waals surface area contributed by atoms with Crippen LogP contribution < -0.4 is 5.73 Å². The Morgan fingerprint density at radius 2 is 1.80 bits per heavy atom. The minimum absolute atomic E-state index is 0.149. The van der Waals surface area contributed by atoms with Gasteiger partial charge in [-0.1, -0.05) is 12.1 Å². The molecule has 6 nitrogen and oxygen atoms in total. The van der Waals surface area contributed by atoms with Crippen molar-refractivity contribution in [3.63, 3.8) is 0 Å². The molecule has 1 aromatic rings. The van der Waals surface area contributed by atoms with Crippen molar-refractivity contribution in [2.75, 3.05) is 37.8 Å². The summed E-state index contributed by atoms with van der Waals surface area (Å²) in [7, 11) is -3.47. The third-order valence-electron chi connectivity index (χ3n) is 3.07. The number of anilines is 1. The van der Waals surface area contributed by atoms with Crippen molar-refractivity contribution in [2.45, 2.75) is 5.75 Å². The van der Waals surface area contributed by atoms with E-state index in [2.05, 4.69) is 0 Å². The van der Waals surface area contributed by atoms with Gasteiger partial charge in [0.2, 0.25) is 5.91 Å². The summed E-state index contributed by atoms with van der Waals surface area (Å²) in [6, 6.07) is 6.61. The van der Waals surface area contributed by atoms with Crippen LogP contribution in [0.3, 0.4) is 0 Å². The number of nitrogens with zero attached hydrogens (tertiary/aromatic N) is 1. The molecule has 1 fully saturated rings. The second-order valence-electron chi connectivity index (χ2n) is 4.77. The van der Waals surface area contributed by atoms with Crippen LogP contribution >= 0.6 is 0 Å². The van der Waals surface area contributed by atoms with Gasteiger partial charge in [-0.3, -0.25) is 4.79 Å². The van der Waals surface area contributed by atoms with E-state index in [4.69, 9.17) is 10.5 Å². The molecule has 0 bridgehead atoms. The summed E-state index contributed by atoms with van der Waals surface area (Å²) in [6.07, 6.45) is 0. The molecule has 1 amide bonds. The lowest BCUT2D eigenvalue weighted by Crippen LogP contribution is -2.43. The lowest BCUT2D eigenvalue weighted by molar-refractivity contribution is -0.132.